The van der Waals surface area contributed by atoms with E-state index in [0.29, 0.717) is 28.9 Å². The lowest BCUT2D eigenvalue weighted by Crippen LogP contribution is -2.36. The highest BCUT2D eigenvalue weighted by Crippen LogP contribution is 2.30. The summed E-state index contributed by atoms with van der Waals surface area (Å²) in [7, 11) is 0. The van der Waals surface area contributed by atoms with Crippen LogP contribution in [0.3, 0.4) is 0 Å². The van der Waals surface area contributed by atoms with Crippen LogP contribution < -0.4 is 4.90 Å². The van der Waals surface area contributed by atoms with E-state index in [1.54, 1.807) is 12.3 Å². The molecular formula is C20H26FN5. The van der Waals surface area contributed by atoms with Crippen molar-refractivity contribution in [2.45, 2.75) is 33.1 Å². The SMILES string of the molecule is CC(C)CC1CCCN(c2ccc(F)c(-c3[nH]nc4ncccc34)n2)C1.[HH]. The Kier molecular flexibility index (Phi) is 4.57. The summed E-state index contributed by atoms with van der Waals surface area (Å²) < 4.78 is 14.5. The highest BCUT2D eigenvalue weighted by molar-refractivity contribution is 5.89. The second-order valence-electron chi connectivity index (χ2n) is 7.56. The first-order valence-corrected chi connectivity index (χ1v) is 9.32. The lowest BCUT2D eigenvalue weighted by Gasteiger charge is -2.34. The molecule has 0 spiro atoms. The van der Waals surface area contributed by atoms with Gasteiger partial charge in [-0.2, -0.15) is 5.10 Å². The van der Waals surface area contributed by atoms with Crippen LogP contribution in [0, 0.1) is 17.7 Å². The zero-order valence-electron chi connectivity index (χ0n) is 15.2. The lowest BCUT2D eigenvalue weighted by atomic mass is 9.90. The van der Waals surface area contributed by atoms with E-state index in [1.165, 1.54) is 18.9 Å². The van der Waals surface area contributed by atoms with Gasteiger partial charge < -0.3 is 4.90 Å². The molecule has 0 aliphatic carbocycles. The second kappa shape index (κ2) is 7.02. The molecule has 1 atom stereocenters. The lowest BCUT2D eigenvalue weighted by molar-refractivity contribution is 0.346. The van der Waals surface area contributed by atoms with E-state index in [1.807, 2.05) is 12.1 Å². The third-order valence-corrected chi connectivity index (χ3v) is 5.05. The van der Waals surface area contributed by atoms with Crippen molar-refractivity contribution in [1.29, 1.82) is 0 Å². The maximum Gasteiger partial charge on any atom is 0.181 e. The Morgan fingerprint density at radius 3 is 3.08 bits per heavy atom. The summed E-state index contributed by atoms with van der Waals surface area (Å²) in [6.45, 7) is 6.49. The molecule has 1 N–H and O–H groups in total. The third kappa shape index (κ3) is 3.28. The number of nitrogens with one attached hydrogen (secondary N) is 1. The van der Waals surface area contributed by atoms with Gasteiger partial charge in [0.1, 0.15) is 11.5 Å². The minimum atomic E-state index is -0.348. The van der Waals surface area contributed by atoms with E-state index in [9.17, 15) is 4.39 Å². The van der Waals surface area contributed by atoms with Crippen LogP contribution in [-0.4, -0.2) is 33.3 Å². The number of H-pyrrole nitrogens is 1. The van der Waals surface area contributed by atoms with Gasteiger partial charge in [-0.25, -0.2) is 14.4 Å². The topological polar surface area (TPSA) is 57.7 Å². The van der Waals surface area contributed by atoms with Crippen LogP contribution in [0.1, 0.15) is 34.5 Å². The first-order chi connectivity index (χ1) is 12.6. The molecule has 1 unspecified atom stereocenters. The molecule has 1 fully saturated rings. The highest BCUT2D eigenvalue weighted by Gasteiger charge is 2.23. The van der Waals surface area contributed by atoms with Gasteiger partial charge >= 0.3 is 0 Å². The molecule has 1 aliphatic heterocycles. The van der Waals surface area contributed by atoms with Crippen LogP contribution in [0.4, 0.5) is 10.2 Å². The highest BCUT2D eigenvalue weighted by atomic mass is 19.1. The zero-order valence-corrected chi connectivity index (χ0v) is 15.2. The molecule has 26 heavy (non-hydrogen) atoms. The second-order valence-corrected chi connectivity index (χ2v) is 7.56. The molecule has 3 aromatic heterocycles. The summed E-state index contributed by atoms with van der Waals surface area (Å²) in [6.07, 6.45) is 5.32. The number of aromatic amines is 1. The molecule has 4 heterocycles. The van der Waals surface area contributed by atoms with Crippen molar-refractivity contribution in [3.8, 4) is 11.4 Å². The molecule has 0 radical (unpaired) electrons. The Morgan fingerprint density at radius 2 is 2.23 bits per heavy atom. The van der Waals surface area contributed by atoms with Gasteiger partial charge in [0, 0.05) is 26.1 Å². The number of nitrogens with zero attached hydrogens (tertiary/aromatic N) is 4. The standard InChI is InChI=1S/C20H24FN5.H2/c1-13(2)11-14-5-4-10-26(12-14)17-8-7-16(21)19(23-17)18-15-6-3-9-22-20(15)25-24-18;/h3,6-9,13-14H,4-5,10-12H2,1-2H3,(H,22,24,25);1H. The molecule has 4 rings (SSSR count). The van der Waals surface area contributed by atoms with Gasteiger partial charge in [-0.05, 0) is 55.4 Å². The number of rotatable bonds is 4. The summed E-state index contributed by atoms with van der Waals surface area (Å²) in [5, 5.41) is 7.85. The molecule has 0 saturated carbocycles. The van der Waals surface area contributed by atoms with E-state index < -0.39 is 0 Å². The number of aromatic nitrogens is 4. The fourth-order valence-electron chi connectivity index (χ4n) is 3.95. The molecule has 0 aromatic carbocycles. The molecule has 0 amide bonds. The van der Waals surface area contributed by atoms with E-state index in [-0.39, 0.29) is 7.24 Å². The Morgan fingerprint density at radius 1 is 1.35 bits per heavy atom. The van der Waals surface area contributed by atoms with Crippen LogP contribution in [0.5, 0.6) is 0 Å². The van der Waals surface area contributed by atoms with Crippen LogP contribution in [0.15, 0.2) is 30.5 Å². The summed E-state index contributed by atoms with van der Waals surface area (Å²) in [4.78, 5) is 11.1. The van der Waals surface area contributed by atoms with E-state index in [2.05, 4.69) is 38.9 Å². The molecule has 6 heteroatoms. The number of halogens is 1. The molecule has 1 aliphatic rings. The van der Waals surface area contributed by atoms with E-state index >= 15 is 0 Å². The number of pyridine rings is 2. The summed E-state index contributed by atoms with van der Waals surface area (Å²) in [5.41, 5.74) is 1.47. The average molecular weight is 355 g/mol. The van der Waals surface area contributed by atoms with Gasteiger partial charge in [-0.3, -0.25) is 5.10 Å². The summed E-state index contributed by atoms with van der Waals surface area (Å²) in [6, 6.07) is 7.00. The Hall–Kier alpha value is -2.50. The monoisotopic (exact) mass is 355 g/mol. The minimum absolute atomic E-state index is 0. The van der Waals surface area contributed by atoms with E-state index in [0.717, 1.165) is 30.7 Å². The van der Waals surface area contributed by atoms with Crippen molar-refractivity contribution >= 4 is 16.9 Å². The molecule has 0 bridgehead atoms. The van der Waals surface area contributed by atoms with Crippen LogP contribution in [-0.2, 0) is 0 Å². The smallest absolute Gasteiger partial charge is 0.181 e. The predicted molar refractivity (Wildman–Crippen MR) is 104 cm³/mol. The first-order valence-electron chi connectivity index (χ1n) is 9.32. The molecule has 138 valence electrons. The van der Waals surface area contributed by atoms with Crippen molar-refractivity contribution < 1.29 is 5.82 Å². The molecule has 3 aromatic rings. The van der Waals surface area contributed by atoms with Crippen molar-refractivity contribution in [2.24, 2.45) is 11.8 Å². The van der Waals surface area contributed by atoms with Gasteiger partial charge in [0.25, 0.3) is 0 Å². The average Bonchev–Trinajstić information content (AvgIpc) is 3.06. The van der Waals surface area contributed by atoms with Gasteiger partial charge in [-0.1, -0.05) is 13.8 Å². The molecule has 5 nitrogen and oxygen atoms in total. The number of fused-ring (bicyclic) bond motifs is 1. The van der Waals surface area contributed by atoms with Crippen LogP contribution >= 0.6 is 0 Å². The quantitative estimate of drug-likeness (QED) is 0.739. The fourth-order valence-corrected chi connectivity index (χ4v) is 3.95. The van der Waals surface area contributed by atoms with Crippen molar-refractivity contribution in [2.75, 3.05) is 18.0 Å². The Balaban J connectivity index is 0.00000210. The number of hydrogen-bond acceptors (Lipinski definition) is 4. The van der Waals surface area contributed by atoms with E-state index in [4.69, 9.17) is 0 Å². The minimum Gasteiger partial charge on any atom is -0.356 e. The zero-order chi connectivity index (χ0) is 18.1. The largest absolute Gasteiger partial charge is 0.356 e. The fraction of sp³-hybridized carbons (Fsp3) is 0.450. The number of piperidine rings is 1. The molecule has 1 saturated heterocycles. The summed E-state index contributed by atoms with van der Waals surface area (Å²) in [5.74, 6) is 1.86. The number of hydrogen-bond donors (Lipinski definition) is 1. The van der Waals surface area contributed by atoms with Gasteiger partial charge in [0.2, 0.25) is 0 Å². The normalized spacial score (nSPS) is 18.0. The predicted octanol–water partition coefficient (Wildman–Crippen LogP) is 4.67. The van der Waals surface area contributed by atoms with Gasteiger partial charge in [-0.15, -0.1) is 0 Å². The Bertz CT molecular complexity index is 910. The summed E-state index contributed by atoms with van der Waals surface area (Å²) >= 11 is 0. The maximum atomic E-state index is 14.5. The van der Waals surface area contributed by atoms with Crippen molar-refractivity contribution in [3.63, 3.8) is 0 Å². The Labute approximate surface area is 154 Å². The van der Waals surface area contributed by atoms with Crippen molar-refractivity contribution in [3.05, 3.63) is 36.3 Å². The molecular weight excluding hydrogens is 329 g/mol. The van der Waals surface area contributed by atoms with Gasteiger partial charge in [0.05, 0.1) is 5.69 Å². The van der Waals surface area contributed by atoms with Crippen molar-refractivity contribution in [1.82, 2.24) is 20.2 Å². The first kappa shape index (κ1) is 16.9. The number of anilines is 1. The maximum absolute atomic E-state index is 14.5. The van der Waals surface area contributed by atoms with Gasteiger partial charge in [0.15, 0.2) is 11.5 Å². The van der Waals surface area contributed by atoms with Crippen LogP contribution in [0.25, 0.3) is 22.4 Å². The van der Waals surface area contributed by atoms with Crippen LogP contribution in [0.2, 0.25) is 0 Å². The third-order valence-electron chi connectivity index (χ3n) is 5.05.